The minimum absolute atomic E-state index is 0.105. The van der Waals surface area contributed by atoms with Crippen molar-refractivity contribution in [3.05, 3.63) is 52.7 Å². The Balaban J connectivity index is 1.66. The minimum Gasteiger partial charge on any atom is -0.307 e. The monoisotopic (exact) mass is 377 g/mol. The number of rotatable bonds is 3. The Morgan fingerprint density at radius 3 is 2.64 bits per heavy atom. The van der Waals surface area contributed by atoms with Crippen LogP contribution in [0.15, 0.2) is 41.4 Å². The molecule has 25 heavy (non-hydrogen) atoms. The first-order valence-electron chi connectivity index (χ1n) is 7.53. The molecule has 1 N–H and O–H groups in total. The van der Waals surface area contributed by atoms with Gasteiger partial charge in [-0.1, -0.05) is 11.6 Å². The summed E-state index contributed by atoms with van der Waals surface area (Å²) in [6.07, 6.45) is 2.74. The van der Waals surface area contributed by atoms with E-state index in [1.807, 2.05) is 0 Å². The highest BCUT2D eigenvalue weighted by atomic mass is 35.5. The van der Waals surface area contributed by atoms with Crippen molar-refractivity contribution in [3.63, 3.8) is 0 Å². The molecule has 128 valence electrons. The Morgan fingerprint density at radius 2 is 2.00 bits per heavy atom. The first-order valence-corrected chi connectivity index (χ1v) is 9.35. The fourth-order valence-corrected chi connectivity index (χ4v) is 4.65. The van der Waals surface area contributed by atoms with Crippen LogP contribution in [-0.2, 0) is 10.0 Å². The number of hydrogen-bond donors (Lipinski definition) is 1. The molecule has 7 nitrogen and oxygen atoms in total. The highest BCUT2D eigenvalue weighted by Crippen LogP contribution is 2.39. The largest absolute Gasteiger partial charge is 0.307 e. The number of pyridine rings is 1. The second kappa shape index (κ2) is 5.53. The van der Waals surface area contributed by atoms with E-state index in [1.165, 1.54) is 30.5 Å². The van der Waals surface area contributed by atoms with Gasteiger partial charge in [-0.2, -0.15) is 0 Å². The van der Waals surface area contributed by atoms with Crippen molar-refractivity contribution in [2.24, 2.45) is 0 Å². The number of halogens is 1. The summed E-state index contributed by atoms with van der Waals surface area (Å²) in [5.74, 6) is -0.762. The molecule has 1 saturated carbocycles. The first kappa shape index (κ1) is 16.0. The number of benzene rings is 1. The van der Waals surface area contributed by atoms with E-state index in [-0.39, 0.29) is 27.9 Å². The normalized spacial score (nSPS) is 18.1. The van der Waals surface area contributed by atoms with Crippen molar-refractivity contribution >= 4 is 39.3 Å². The number of hydrogen-bond acceptors (Lipinski definition) is 5. The summed E-state index contributed by atoms with van der Waals surface area (Å²) < 4.78 is 26.1. The van der Waals surface area contributed by atoms with E-state index in [0.717, 1.165) is 4.31 Å². The van der Waals surface area contributed by atoms with Crippen LogP contribution in [0.1, 0.15) is 33.6 Å². The summed E-state index contributed by atoms with van der Waals surface area (Å²) >= 11 is 5.74. The smallest absolute Gasteiger partial charge is 0.269 e. The van der Waals surface area contributed by atoms with Crippen LogP contribution in [0, 0.1) is 0 Å². The molecule has 0 unspecified atom stereocenters. The predicted octanol–water partition coefficient (Wildman–Crippen LogP) is 2.29. The highest BCUT2D eigenvalue weighted by molar-refractivity contribution is 7.90. The number of nitrogens with one attached hydrogen (secondary N) is 1. The molecule has 0 radical (unpaired) electrons. The van der Waals surface area contributed by atoms with Crippen LogP contribution >= 0.6 is 11.6 Å². The third-order valence-corrected chi connectivity index (χ3v) is 6.16. The van der Waals surface area contributed by atoms with Crippen LogP contribution < -0.4 is 5.32 Å². The molecular formula is C16H12ClN3O4S. The fourth-order valence-electron chi connectivity index (χ4n) is 2.70. The van der Waals surface area contributed by atoms with Crippen molar-refractivity contribution in [3.8, 4) is 0 Å². The maximum Gasteiger partial charge on any atom is 0.269 e. The molecule has 0 spiro atoms. The van der Waals surface area contributed by atoms with E-state index < -0.39 is 21.8 Å². The number of carbonyl (C=O) groups is 2. The van der Waals surface area contributed by atoms with Crippen LogP contribution in [0.4, 0.5) is 5.82 Å². The van der Waals surface area contributed by atoms with Crippen molar-refractivity contribution in [2.45, 2.75) is 23.8 Å². The average Bonchev–Trinajstić information content (AvgIpc) is 3.38. The molecule has 1 aliphatic heterocycles. The topological polar surface area (TPSA) is 96.4 Å². The molecule has 2 aliphatic rings. The SMILES string of the molecule is O=C(Nc1ccc(Cl)cn1)c1ccc2c(c1)S(=O)(=O)N(C1CC1)C2=O. The Bertz CT molecular complexity index is 1000. The van der Waals surface area contributed by atoms with Gasteiger partial charge in [-0.3, -0.25) is 9.59 Å². The Hall–Kier alpha value is -2.45. The van der Waals surface area contributed by atoms with E-state index in [0.29, 0.717) is 17.9 Å². The molecule has 1 aliphatic carbocycles. The van der Waals surface area contributed by atoms with E-state index in [1.54, 1.807) is 6.07 Å². The molecular weight excluding hydrogens is 366 g/mol. The van der Waals surface area contributed by atoms with Gasteiger partial charge in [-0.05, 0) is 43.2 Å². The summed E-state index contributed by atoms with van der Waals surface area (Å²) in [5, 5.41) is 2.99. The van der Waals surface area contributed by atoms with Gasteiger partial charge in [0.15, 0.2) is 0 Å². The van der Waals surface area contributed by atoms with Crippen molar-refractivity contribution in [2.75, 3.05) is 5.32 Å². The molecule has 9 heteroatoms. The average molecular weight is 378 g/mol. The summed E-state index contributed by atoms with van der Waals surface area (Å²) in [4.78, 5) is 28.5. The maximum atomic E-state index is 12.6. The summed E-state index contributed by atoms with van der Waals surface area (Å²) in [6, 6.07) is 6.87. The van der Waals surface area contributed by atoms with Crippen molar-refractivity contribution < 1.29 is 18.0 Å². The van der Waals surface area contributed by atoms with Crippen LogP contribution in [-0.4, -0.2) is 35.6 Å². The van der Waals surface area contributed by atoms with Gasteiger partial charge in [0, 0.05) is 17.8 Å². The van der Waals surface area contributed by atoms with Crippen molar-refractivity contribution in [1.29, 1.82) is 0 Å². The lowest BCUT2D eigenvalue weighted by molar-refractivity contribution is 0.0864. The van der Waals surface area contributed by atoms with Crippen LogP contribution in [0.5, 0.6) is 0 Å². The van der Waals surface area contributed by atoms with Gasteiger partial charge in [0.2, 0.25) is 0 Å². The number of anilines is 1. The molecule has 4 rings (SSSR count). The molecule has 2 amide bonds. The number of aromatic nitrogens is 1. The Kier molecular flexibility index (Phi) is 3.55. The van der Waals surface area contributed by atoms with E-state index in [4.69, 9.17) is 11.6 Å². The van der Waals surface area contributed by atoms with Crippen molar-refractivity contribution in [1.82, 2.24) is 9.29 Å². The van der Waals surface area contributed by atoms with E-state index in [2.05, 4.69) is 10.3 Å². The molecule has 0 bridgehead atoms. The zero-order valence-electron chi connectivity index (χ0n) is 12.8. The lowest BCUT2D eigenvalue weighted by Gasteiger charge is -2.13. The molecule has 0 saturated heterocycles. The quantitative estimate of drug-likeness (QED) is 0.885. The van der Waals surface area contributed by atoms with E-state index in [9.17, 15) is 18.0 Å². The van der Waals surface area contributed by atoms with Crippen LogP contribution in [0.3, 0.4) is 0 Å². The third kappa shape index (κ3) is 2.67. The molecule has 1 aromatic heterocycles. The summed E-state index contributed by atoms with van der Waals surface area (Å²) in [7, 11) is -3.90. The molecule has 1 fully saturated rings. The zero-order chi connectivity index (χ0) is 17.8. The fraction of sp³-hybridized carbons (Fsp3) is 0.188. The predicted molar refractivity (Wildman–Crippen MR) is 90.0 cm³/mol. The van der Waals surface area contributed by atoms with E-state index >= 15 is 0 Å². The lowest BCUT2D eigenvalue weighted by Crippen LogP contribution is -2.31. The second-order valence-electron chi connectivity index (χ2n) is 5.86. The van der Waals surface area contributed by atoms with Gasteiger partial charge in [0.05, 0.1) is 10.6 Å². The second-order valence-corrected chi connectivity index (χ2v) is 8.08. The van der Waals surface area contributed by atoms with Gasteiger partial charge >= 0.3 is 0 Å². The van der Waals surface area contributed by atoms with Gasteiger partial charge in [0.1, 0.15) is 10.7 Å². The van der Waals surface area contributed by atoms with Gasteiger partial charge in [0.25, 0.3) is 21.8 Å². The highest BCUT2D eigenvalue weighted by Gasteiger charge is 2.48. The molecule has 1 aromatic carbocycles. The first-order chi connectivity index (χ1) is 11.9. The number of sulfonamides is 1. The van der Waals surface area contributed by atoms with Gasteiger partial charge in [-0.25, -0.2) is 17.7 Å². The van der Waals surface area contributed by atoms with Gasteiger partial charge < -0.3 is 5.32 Å². The number of amides is 2. The standard InChI is InChI=1S/C16H12ClN3O4S/c17-10-2-6-14(18-8-10)19-15(21)9-1-5-12-13(7-9)25(23,24)20(16(12)22)11-3-4-11/h1-2,5-8,11H,3-4H2,(H,18,19,21). The van der Waals surface area contributed by atoms with Crippen LogP contribution in [0.2, 0.25) is 5.02 Å². The number of nitrogens with zero attached hydrogens (tertiary/aromatic N) is 2. The zero-order valence-corrected chi connectivity index (χ0v) is 14.3. The molecule has 2 heterocycles. The van der Waals surface area contributed by atoms with Crippen LogP contribution in [0.25, 0.3) is 0 Å². The summed E-state index contributed by atoms with van der Waals surface area (Å²) in [5.41, 5.74) is 0.234. The third-order valence-electron chi connectivity index (χ3n) is 4.06. The summed E-state index contributed by atoms with van der Waals surface area (Å²) in [6.45, 7) is 0. The maximum absolute atomic E-state index is 12.6. The molecule has 0 atom stereocenters. The lowest BCUT2D eigenvalue weighted by atomic mass is 10.1. The Labute approximate surface area is 148 Å². The molecule has 2 aromatic rings. The Morgan fingerprint density at radius 1 is 1.24 bits per heavy atom. The number of carbonyl (C=O) groups excluding carboxylic acids is 2. The minimum atomic E-state index is -3.90. The number of fused-ring (bicyclic) bond motifs is 1. The van der Waals surface area contributed by atoms with Gasteiger partial charge in [-0.15, -0.1) is 0 Å².